The first-order valence-electron chi connectivity index (χ1n) is 7.11. The quantitative estimate of drug-likeness (QED) is 0.767. The standard InChI is InChI=1S/C18H27NO/c1-7-9-19(10-8-2)12-17(20)18-15(5)13(3)11-14(4)16(18)6/h7-8,11,17,20H,1-2,9-10,12H2,3-6H3. The van der Waals surface area contributed by atoms with Crippen LogP contribution < -0.4 is 0 Å². The minimum atomic E-state index is -0.478. The zero-order valence-electron chi connectivity index (χ0n) is 13.2. The fraction of sp³-hybridized carbons (Fsp3) is 0.444. The molecule has 0 bridgehead atoms. The monoisotopic (exact) mass is 273 g/mol. The summed E-state index contributed by atoms with van der Waals surface area (Å²) in [5, 5.41) is 10.6. The zero-order chi connectivity index (χ0) is 15.3. The molecule has 2 heteroatoms. The molecule has 1 unspecified atom stereocenters. The number of hydrogen-bond donors (Lipinski definition) is 1. The Labute approximate surface area is 123 Å². The van der Waals surface area contributed by atoms with E-state index in [1.807, 2.05) is 12.2 Å². The van der Waals surface area contributed by atoms with Gasteiger partial charge in [0.05, 0.1) is 6.10 Å². The maximum Gasteiger partial charge on any atom is 0.0922 e. The van der Waals surface area contributed by atoms with E-state index in [9.17, 15) is 5.11 Å². The molecule has 1 aromatic rings. The lowest BCUT2D eigenvalue weighted by Gasteiger charge is -2.26. The van der Waals surface area contributed by atoms with Gasteiger partial charge in [0.15, 0.2) is 0 Å². The summed E-state index contributed by atoms with van der Waals surface area (Å²) in [5.41, 5.74) is 5.93. The number of aliphatic hydroxyl groups excluding tert-OH is 1. The van der Waals surface area contributed by atoms with Gasteiger partial charge in [0.1, 0.15) is 0 Å². The van der Waals surface area contributed by atoms with Crippen LogP contribution in [-0.2, 0) is 0 Å². The van der Waals surface area contributed by atoms with Gasteiger partial charge >= 0.3 is 0 Å². The second-order valence-corrected chi connectivity index (χ2v) is 5.49. The fourth-order valence-electron chi connectivity index (χ4n) is 2.67. The van der Waals surface area contributed by atoms with Crippen molar-refractivity contribution in [1.82, 2.24) is 4.90 Å². The van der Waals surface area contributed by atoms with E-state index in [1.165, 1.54) is 22.3 Å². The highest BCUT2D eigenvalue weighted by atomic mass is 16.3. The van der Waals surface area contributed by atoms with Gasteiger partial charge < -0.3 is 5.11 Å². The molecule has 0 saturated heterocycles. The third-order valence-corrected chi connectivity index (χ3v) is 3.96. The van der Waals surface area contributed by atoms with E-state index in [0.717, 1.165) is 18.7 Å². The summed E-state index contributed by atoms with van der Waals surface area (Å²) in [6, 6.07) is 2.19. The Kier molecular flexibility index (Phi) is 6.18. The average Bonchev–Trinajstić information content (AvgIpc) is 2.37. The van der Waals surface area contributed by atoms with E-state index in [0.29, 0.717) is 6.54 Å². The SMILES string of the molecule is C=CCN(CC=C)CC(O)c1c(C)c(C)cc(C)c1C. The van der Waals surface area contributed by atoms with E-state index in [1.54, 1.807) is 0 Å². The Bertz CT molecular complexity index is 454. The van der Waals surface area contributed by atoms with Crippen LogP contribution >= 0.6 is 0 Å². The van der Waals surface area contributed by atoms with Crippen molar-refractivity contribution < 1.29 is 5.11 Å². The summed E-state index contributed by atoms with van der Waals surface area (Å²) in [7, 11) is 0. The van der Waals surface area contributed by atoms with Crippen molar-refractivity contribution in [3.05, 3.63) is 59.2 Å². The predicted octanol–water partition coefficient (Wildman–Crippen LogP) is 3.63. The van der Waals surface area contributed by atoms with Gasteiger partial charge in [-0.05, 0) is 55.5 Å². The van der Waals surface area contributed by atoms with Gasteiger partial charge in [-0.3, -0.25) is 4.90 Å². The van der Waals surface area contributed by atoms with E-state index in [2.05, 4.69) is 51.8 Å². The van der Waals surface area contributed by atoms with Gasteiger partial charge in [0.25, 0.3) is 0 Å². The Balaban J connectivity index is 3.04. The molecule has 0 fully saturated rings. The number of hydrogen-bond acceptors (Lipinski definition) is 2. The second kappa shape index (κ2) is 7.41. The Morgan fingerprint density at radius 2 is 1.50 bits per heavy atom. The third-order valence-electron chi connectivity index (χ3n) is 3.96. The first-order valence-corrected chi connectivity index (χ1v) is 7.11. The van der Waals surface area contributed by atoms with Gasteiger partial charge in [0, 0.05) is 19.6 Å². The van der Waals surface area contributed by atoms with Gasteiger partial charge in [-0.25, -0.2) is 0 Å². The Morgan fingerprint density at radius 3 is 1.90 bits per heavy atom. The number of nitrogens with zero attached hydrogens (tertiary/aromatic N) is 1. The second-order valence-electron chi connectivity index (χ2n) is 5.49. The molecule has 2 nitrogen and oxygen atoms in total. The van der Waals surface area contributed by atoms with Crippen LogP contribution in [0.25, 0.3) is 0 Å². The van der Waals surface area contributed by atoms with Crippen LogP contribution in [-0.4, -0.2) is 29.6 Å². The summed E-state index contributed by atoms with van der Waals surface area (Å²) in [6.07, 6.45) is 3.24. The van der Waals surface area contributed by atoms with Crippen molar-refractivity contribution in [1.29, 1.82) is 0 Å². The Morgan fingerprint density at radius 1 is 1.05 bits per heavy atom. The molecule has 0 spiro atoms. The lowest BCUT2D eigenvalue weighted by Crippen LogP contribution is -2.29. The number of aryl methyl sites for hydroxylation is 2. The normalized spacial score (nSPS) is 12.5. The predicted molar refractivity (Wildman–Crippen MR) is 87.2 cm³/mol. The summed E-state index contributed by atoms with van der Waals surface area (Å²) < 4.78 is 0. The molecule has 1 rings (SSSR count). The largest absolute Gasteiger partial charge is 0.387 e. The molecule has 110 valence electrons. The highest BCUT2D eigenvalue weighted by Crippen LogP contribution is 2.27. The lowest BCUT2D eigenvalue weighted by molar-refractivity contribution is 0.124. The number of rotatable bonds is 7. The molecule has 0 radical (unpaired) electrons. The molecule has 1 atom stereocenters. The molecule has 0 aliphatic rings. The Hall–Kier alpha value is -1.38. The average molecular weight is 273 g/mol. The lowest BCUT2D eigenvalue weighted by atomic mass is 9.90. The topological polar surface area (TPSA) is 23.5 Å². The fourth-order valence-corrected chi connectivity index (χ4v) is 2.67. The van der Waals surface area contributed by atoms with Gasteiger partial charge in [-0.15, -0.1) is 13.2 Å². The molecular formula is C18H27NO. The summed E-state index contributed by atoms with van der Waals surface area (Å²) in [5.74, 6) is 0. The van der Waals surface area contributed by atoms with Crippen LogP contribution in [0.4, 0.5) is 0 Å². The minimum absolute atomic E-state index is 0.478. The molecule has 0 heterocycles. The van der Waals surface area contributed by atoms with E-state index < -0.39 is 6.10 Å². The summed E-state index contributed by atoms with van der Waals surface area (Å²) >= 11 is 0. The van der Waals surface area contributed by atoms with E-state index in [-0.39, 0.29) is 0 Å². The highest BCUT2D eigenvalue weighted by Gasteiger charge is 2.18. The summed E-state index contributed by atoms with van der Waals surface area (Å²) in [6.45, 7) is 18.0. The van der Waals surface area contributed by atoms with Crippen LogP contribution in [0.1, 0.15) is 33.9 Å². The van der Waals surface area contributed by atoms with Crippen LogP contribution in [0.3, 0.4) is 0 Å². The van der Waals surface area contributed by atoms with Gasteiger partial charge in [0.2, 0.25) is 0 Å². The van der Waals surface area contributed by atoms with Crippen molar-refractivity contribution in [3.8, 4) is 0 Å². The van der Waals surface area contributed by atoms with Crippen LogP contribution in [0.15, 0.2) is 31.4 Å². The van der Waals surface area contributed by atoms with Crippen molar-refractivity contribution >= 4 is 0 Å². The van der Waals surface area contributed by atoms with Crippen molar-refractivity contribution in [2.45, 2.75) is 33.8 Å². The van der Waals surface area contributed by atoms with Crippen molar-refractivity contribution in [2.24, 2.45) is 0 Å². The molecule has 1 aromatic carbocycles. The number of aliphatic hydroxyl groups is 1. The van der Waals surface area contributed by atoms with Crippen molar-refractivity contribution in [2.75, 3.05) is 19.6 Å². The number of benzene rings is 1. The van der Waals surface area contributed by atoms with Crippen LogP contribution in [0, 0.1) is 27.7 Å². The van der Waals surface area contributed by atoms with Crippen molar-refractivity contribution in [3.63, 3.8) is 0 Å². The maximum atomic E-state index is 10.6. The molecular weight excluding hydrogens is 246 g/mol. The highest BCUT2D eigenvalue weighted by molar-refractivity contribution is 5.45. The molecule has 0 amide bonds. The van der Waals surface area contributed by atoms with Gasteiger partial charge in [-0.2, -0.15) is 0 Å². The molecule has 20 heavy (non-hydrogen) atoms. The third kappa shape index (κ3) is 3.81. The minimum Gasteiger partial charge on any atom is -0.387 e. The zero-order valence-corrected chi connectivity index (χ0v) is 13.2. The van der Waals surface area contributed by atoms with Crippen LogP contribution in [0.5, 0.6) is 0 Å². The smallest absolute Gasteiger partial charge is 0.0922 e. The maximum absolute atomic E-state index is 10.6. The summed E-state index contributed by atoms with van der Waals surface area (Å²) in [4.78, 5) is 2.14. The first kappa shape index (κ1) is 16.7. The molecule has 1 N–H and O–H groups in total. The van der Waals surface area contributed by atoms with E-state index >= 15 is 0 Å². The molecule has 0 aliphatic heterocycles. The molecule has 0 saturated carbocycles. The van der Waals surface area contributed by atoms with Crippen LogP contribution in [0.2, 0.25) is 0 Å². The molecule has 0 aromatic heterocycles. The first-order chi connectivity index (χ1) is 9.42. The molecule has 0 aliphatic carbocycles. The van der Waals surface area contributed by atoms with Gasteiger partial charge in [-0.1, -0.05) is 18.2 Å². The van der Waals surface area contributed by atoms with E-state index in [4.69, 9.17) is 0 Å².